The first-order valence-corrected chi connectivity index (χ1v) is 9.13. The maximum absolute atomic E-state index is 13.6. The summed E-state index contributed by atoms with van der Waals surface area (Å²) in [5.41, 5.74) is -1.78. The van der Waals surface area contributed by atoms with Gasteiger partial charge in [0.15, 0.2) is 11.3 Å². The minimum Gasteiger partial charge on any atom is -0.366 e. The Morgan fingerprint density at radius 3 is 2.84 bits per heavy atom. The molecule has 1 aliphatic heterocycles. The van der Waals surface area contributed by atoms with Crippen molar-refractivity contribution in [2.24, 2.45) is 7.05 Å². The summed E-state index contributed by atoms with van der Waals surface area (Å²) in [6, 6.07) is 0.903. The Labute approximate surface area is 171 Å². The van der Waals surface area contributed by atoms with Gasteiger partial charge in [-0.15, -0.1) is 0 Å². The lowest BCUT2D eigenvalue weighted by molar-refractivity contribution is -0.140. The fourth-order valence-electron chi connectivity index (χ4n) is 3.33. The fraction of sp³-hybridized carbons (Fsp3) is 0.412. The Kier molecular flexibility index (Phi) is 5.03. The van der Waals surface area contributed by atoms with Gasteiger partial charge in [0.05, 0.1) is 18.4 Å². The van der Waals surface area contributed by atoms with Crippen molar-refractivity contribution in [2.45, 2.75) is 24.6 Å². The number of rotatable bonds is 4. The van der Waals surface area contributed by atoms with Gasteiger partial charge in [0.2, 0.25) is 0 Å². The van der Waals surface area contributed by atoms with Gasteiger partial charge in [-0.05, 0) is 6.07 Å². The summed E-state index contributed by atoms with van der Waals surface area (Å²) in [6.45, 7) is -0.102. The third-order valence-electron chi connectivity index (χ3n) is 4.63. The predicted molar refractivity (Wildman–Crippen MR) is 99.0 cm³/mol. The summed E-state index contributed by atoms with van der Waals surface area (Å²) >= 11 is 0. The first-order valence-electron chi connectivity index (χ1n) is 9.13. The van der Waals surface area contributed by atoms with Crippen molar-refractivity contribution < 1.29 is 26.7 Å². The number of anilines is 2. The highest BCUT2D eigenvalue weighted by atomic mass is 19.4. The van der Waals surface area contributed by atoms with Crippen LogP contribution >= 0.6 is 0 Å². The molecule has 14 heteroatoms. The number of piperidine rings is 1. The van der Waals surface area contributed by atoms with Crippen LogP contribution in [0.2, 0.25) is 0 Å². The molecule has 4 heterocycles. The number of alkyl halides is 5. The van der Waals surface area contributed by atoms with Crippen molar-refractivity contribution in [1.29, 1.82) is 0 Å². The van der Waals surface area contributed by atoms with Crippen molar-refractivity contribution in [1.82, 2.24) is 29.7 Å². The molecule has 166 valence electrons. The smallest absolute Gasteiger partial charge is 0.366 e. The molecule has 0 bridgehead atoms. The van der Waals surface area contributed by atoms with E-state index in [0.717, 1.165) is 17.1 Å². The van der Waals surface area contributed by atoms with Crippen LogP contribution in [0.3, 0.4) is 0 Å². The van der Waals surface area contributed by atoms with Crippen LogP contribution in [0.25, 0.3) is 5.65 Å². The summed E-state index contributed by atoms with van der Waals surface area (Å²) in [5.74, 6) is -3.50. The van der Waals surface area contributed by atoms with Crippen molar-refractivity contribution in [3.63, 3.8) is 0 Å². The zero-order valence-electron chi connectivity index (χ0n) is 16.0. The predicted octanol–water partition coefficient (Wildman–Crippen LogP) is 2.14. The minimum absolute atomic E-state index is 0.0514. The molecule has 4 rings (SSSR count). The Bertz CT molecular complexity index is 1120. The molecule has 1 saturated heterocycles. The second kappa shape index (κ2) is 7.44. The number of hydrogen-bond donors (Lipinski definition) is 3. The summed E-state index contributed by atoms with van der Waals surface area (Å²) in [7, 11) is 1.30. The molecule has 3 aromatic heterocycles. The lowest BCUT2D eigenvalue weighted by Crippen LogP contribution is -2.49. The molecule has 0 unspecified atom stereocenters. The molecular weight excluding hydrogens is 427 g/mol. The maximum Gasteiger partial charge on any atom is 0.437 e. The molecule has 0 spiro atoms. The molecule has 0 aromatic carbocycles. The van der Waals surface area contributed by atoms with E-state index in [1.807, 2.05) is 0 Å². The van der Waals surface area contributed by atoms with Crippen LogP contribution in [0, 0.1) is 0 Å². The van der Waals surface area contributed by atoms with Gasteiger partial charge in [-0.1, -0.05) is 0 Å². The van der Waals surface area contributed by atoms with Gasteiger partial charge in [0.25, 0.3) is 11.8 Å². The monoisotopic (exact) mass is 444 g/mol. The molecule has 9 nitrogen and oxygen atoms in total. The van der Waals surface area contributed by atoms with E-state index in [1.165, 1.54) is 23.8 Å². The number of carbonyl (C=O) groups excluding carboxylic acids is 1. The quantitative estimate of drug-likeness (QED) is 0.533. The Hall–Kier alpha value is -3.29. The topological polar surface area (TPSA) is 101 Å². The number of nitrogens with zero attached hydrogens (tertiary/aromatic N) is 5. The van der Waals surface area contributed by atoms with E-state index in [9.17, 15) is 26.7 Å². The molecule has 1 amide bonds. The minimum atomic E-state index is -4.75. The van der Waals surface area contributed by atoms with Gasteiger partial charge in [0.1, 0.15) is 11.4 Å². The maximum atomic E-state index is 13.6. The number of aromatic nitrogens is 5. The number of halogens is 5. The van der Waals surface area contributed by atoms with Crippen LogP contribution in [-0.4, -0.2) is 55.3 Å². The number of hydrogen-bond acceptors (Lipinski definition) is 6. The summed E-state index contributed by atoms with van der Waals surface area (Å²) in [5, 5.41) is 15.0. The van der Waals surface area contributed by atoms with E-state index in [2.05, 4.69) is 31.1 Å². The van der Waals surface area contributed by atoms with Crippen LogP contribution in [0.1, 0.15) is 22.5 Å². The highest BCUT2D eigenvalue weighted by Gasteiger charge is 2.38. The summed E-state index contributed by atoms with van der Waals surface area (Å²) < 4.78 is 68.7. The van der Waals surface area contributed by atoms with E-state index < -0.39 is 42.0 Å². The van der Waals surface area contributed by atoms with Gasteiger partial charge in [-0.3, -0.25) is 9.48 Å². The Balaban J connectivity index is 1.57. The van der Waals surface area contributed by atoms with Crippen molar-refractivity contribution in [2.75, 3.05) is 23.7 Å². The van der Waals surface area contributed by atoms with Gasteiger partial charge >= 0.3 is 6.18 Å². The zero-order valence-corrected chi connectivity index (χ0v) is 16.0. The second-order valence-corrected chi connectivity index (χ2v) is 7.19. The third kappa shape index (κ3) is 4.42. The molecule has 1 fully saturated rings. The van der Waals surface area contributed by atoms with E-state index in [-0.39, 0.29) is 23.4 Å². The van der Waals surface area contributed by atoms with Crippen molar-refractivity contribution in [3.8, 4) is 0 Å². The van der Waals surface area contributed by atoms with Crippen LogP contribution in [0.15, 0.2) is 24.7 Å². The van der Waals surface area contributed by atoms with E-state index in [1.54, 1.807) is 0 Å². The van der Waals surface area contributed by atoms with Crippen LogP contribution in [0.4, 0.5) is 33.5 Å². The Morgan fingerprint density at radius 2 is 2.13 bits per heavy atom. The molecule has 31 heavy (non-hydrogen) atoms. The second-order valence-electron chi connectivity index (χ2n) is 7.19. The molecule has 0 aliphatic carbocycles. The average Bonchev–Trinajstić information content (AvgIpc) is 3.23. The number of fused-ring (bicyclic) bond motifs is 1. The first-order chi connectivity index (χ1) is 14.5. The molecule has 0 saturated carbocycles. The van der Waals surface area contributed by atoms with Crippen molar-refractivity contribution in [3.05, 3.63) is 35.9 Å². The molecular formula is C17H17F5N8O. The molecule has 3 N–H and O–H groups in total. The van der Waals surface area contributed by atoms with Crippen LogP contribution in [0.5, 0.6) is 0 Å². The summed E-state index contributed by atoms with van der Waals surface area (Å²) in [4.78, 5) is 16.9. The van der Waals surface area contributed by atoms with E-state index in [4.69, 9.17) is 0 Å². The molecule has 1 atom stereocenters. The molecule has 1 aliphatic rings. The van der Waals surface area contributed by atoms with Crippen LogP contribution in [-0.2, 0) is 13.2 Å². The van der Waals surface area contributed by atoms with Crippen LogP contribution < -0.4 is 16.0 Å². The van der Waals surface area contributed by atoms with Gasteiger partial charge < -0.3 is 16.0 Å². The highest BCUT2D eigenvalue weighted by Crippen LogP contribution is 2.33. The third-order valence-corrected chi connectivity index (χ3v) is 4.63. The van der Waals surface area contributed by atoms with Gasteiger partial charge in [0, 0.05) is 38.4 Å². The standard InChI is InChI=1S/C17H17F5N8O/c1-29-7-11(13(28-29)17(20,21)22)26-15(31)10-6-24-30-3-2-12(27-14(10)30)25-9-4-16(18,19)8-23-5-9/h2-3,6-7,9,23H,4-5,8H2,1H3,(H,25,27)(H,26,31)/t9-/m0/s1. The highest BCUT2D eigenvalue weighted by molar-refractivity contribution is 6.08. The van der Waals surface area contributed by atoms with Crippen molar-refractivity contribution >= 4 is 23.1 Å². The zero-order chi connectivity index (χ0) is 22.4. The SMILES string of the molecule is Cn1cc(NC(=O)c2cnn3ccc(N[C@@H]4CNCC(F)(F)C4)nc23)c(C(F)(F)F)n1. The number of amides is 1. The normalized spacial score (nSPS) is 18.8. The van der Waals surface area contributed by atoms with Gasteiger partial charge in [-0.2, -0.15) is 23.4 Å². The van der Waals surface area contributed by atoms with E-state index >= 15 is 0 Å². The van der Waals surface area contributed by atoms with E-state index in [0.29, 0.717) is 6.54 Å². The number of nitrogens with one attached hydrogen (secondary N) is 3. The molecule has 0 radical (unpaired) electrons. The average molecular weight is 444 g/mol. The lowest BCUT2D eigenvalue weighted by atomic mass is 10.0. The molecule has 3 aromatic rings. The number of aryl methyl sites for hydroxylation is 1. The number of carbonyl (C=O) groups is 1. The largest absolute Gasteiger partial charge is 0.437 e. The van der Waals surface area contributed by atoms with Gasteiger partial charge in [-0.25, -0.2) is 18.3 Å². The summed E-state index contributed by atoms with van der Waals surface area (Å²) in [6.07, 6.45) is -1.50. The lowest BCUT2D eigenvalue weighted by Gasteiger charge is -2.30. The first kappa shape index (κ1) is 21.0. The Morgan fingerprint density at radius 1 is 1.35 bits per heavy atom. The fourth-order valence-corrected chi connectivity index (χ4v) is 3.33.